The highest BCUT2D eigenvalue weighted by molar-refractivity contribution is 5.89. The number of hydrogen-bond acceptors (Lipinski definition) is 2. The van der Waals surface area contributed by atoms with Gasteiger partial charge in [-0.15, -0.1) is 0 Å². The Morgan fingerprint density at radius 2 is 1.95 bits per heavy atom. The van der Waals surface area contributed by atoms with Crippen LogP contribution in [0.2, 0.25) is 0 Å². The highest BCUT2D eigenvalue weighted by Gasteiger charge is 2.38. The third-order valence-corrected chi connectivity index (χ3v) is 3.66. The number of hydrogen-bond donors (Lipinski definition) is 2. The van der Waals surface area contributed by atoms with E-state index in [-0.39, 0.29) is 5.56 Å². The first-order valence-corrected chi connectivity index (χ1v) is 6.89. The van der Waals surface area contributed by atoms with Crippen LogP contribution in [0.25, 0.3) is 0 Å². The number of amides is 1. The van der Waals surface area contributed by atoms with Crippen molar-refractivity contribution in [3.05, 3.63) is 65.5 Å². The van der Waals surface area contributed by atoms with Gasteiger partial charge >= 0.3 is 0 Å². The summed E-state index contributed by atoms with van der Waals surface area (Å²) in [6.07, 6.45) is 0.344. The zero-order chi connectivity index (χ0) is 15.5. The van der Waals surface area contributed by atoms with Crippen LogP contribution in [-0.4, -0.2) is 5.91 Å². The molecule has 21 heavy (non-hydrogen) atoms. The summed E-state index contributed by atoms with van der Waals surface area (Å²) in [5.74, 6) is -1.05. The van der Waals surface area contributed by atoms with E-state index in [0.717, 1.165) is 11.3 Å². The van der Waals surface area contributed by atoms with Crippen molar-refractivity contribution in [1.29, 1.82) is 0 Å². The van der Waals surface area contributed by atoms with Crippen LogP contribution in [0.3, 0.4) is 0 Å². The van der Waals surface area contributed by atoms with Crippen molar-refractivity contribution in [1.82, 2.24) is 0 Å². The van der Waals surface area contributed by atoms with Gasteiger partial charge in [0.15, 0.2) is 0 Å². The maximum Gasteiger partial charge on any atom is 0.247 e. The second-order valence-corrected chi connectivity index (χ2v) is 5.10. The van der Waals surface area contributed by atoms with Gasteiger partial charge in [0.1, 0.15) is 11.4 Å². The molecule has 0 radical (unpaired) electrons. The SMILES string of the molecule is CCC(Nc1cccc(C)c1)(C(N)=O)c1ccccc1F. The average molecular weight is 286 g/mol. The molecule has 1 atom stereocenters. The van der Waals surface area contributed by atoms with E-state index in [2.05, 4.69) is 5.32 Å². The van der Waals surface area contributed by atoms with Crippen LogP contribution in [0.5, 0.6) is 0 Å². The third kappa shape index (κ3) is 2.89. The number of aryl methyl sites for hydroxylation is 1. The van der Waals surface area contributed by atoms with Gasteiger partial charge < -0.3 is 11.1 Å². The summed E-state index contributed by atoms with van der Waals surface area (Å²) in [5.41, 5.74) is 6.38. The van der Waals surface area contributed by atoms with Gasteiger partial charge in [0.05, 0.1) is 0 Å². The molecule has 2 rings (SSSR count). The summed E-state index contributed by atoms with van der Waals surface area (Å²) >= 11 is 0. The Bertz CT molecular complexity index is 657. The lowest BCUT2D eigenvalue weighted by Crippen LogP contribution is -2.48. The molecule has 0 spiro atoms. The number of carbonyl (C=O) groups excluding carboxylic acids is 1. The molecule has 0 bridgehead atoms. The fraction of sp³-hybridized carbons (Fsp3) is 0.235. The molecular weight excluding hydrogens is 267 g/mol. The van der Waals surface area contributed by atoms with Crippen LogP contribution in [0, 0.1) is 12.7 Å². The summed E-state index contributed by atoms with van der Waals surface area (Å²) in [6.45, 7) is 3.76. The lowest BCUT2D eigenvalue weighted by Gasteiger charge is -2.32. The van der Waals surface area contributed by atoms with Crippen molar-refractivity contribution in [2.24, 2.45) is 5.73 Å². The van der Waals surface area contributed by atoms with Crippen molar-refractivity contribution in [3.63, 3.8) is 0 Å². The van der Waals surface area contributed by atoms with Gasteiger partial charge in [0.2, 0.25) is 5.91 Å². The predicted molar refractivity (Wildman–Crippen MR) is 82.4 cm³/mol. The van der Waals surface area contributed by atoms with E-state index < -0.39 is 17.3 Å². The van der Waals surface area contributed by atoms with E-state index in [1.54, 1.807) is 25.1 Å². The lowest BCUT2D eigenvalue weighted by atomic mass is 9.85. The van der Waals surface area contributed by atoms with Crippen molar-refractivity contribution in [3.8, 4) is 0 Å². The van der Waals surface area contributed by atoms with Gasteiger partial charge in [-0.1, -0.05) is 37.3 Å². The van der Waals surface area contributed by atoms with Crippen molar-refractivity contribution >= 4 is 11.6 Å². The van der Waals surface area contributed by atoms with E-state index >= 15 is 0 Å². The summed E-state index contributed by atoms with van der Waals surface area (Å²) < 4.78 is 14.2. The number of carbonyl (C=O) groups is 1. The van der Waals surface area contributed by atoms with Gasteiger partial charge in [0, 0.05) is 11.3 Å². The minimum Gasteiger partial charge on any atom is -0.368 e. The summed E-state index contributed by atoms with van der Waals surface area (Å²) in [4.78, 5) is 12.1. The number of primary amides is 1. The minimum atomic E-state index is -1.26. The maximum absolute atomic E-state index is 14.2. The Kier molecular flexibility index (Phi) is 4.26. The first-order valence-electron chi connectivity index (χ1n) is 6.89. The minimum absolute atomic E-state index is 0.265. The second-order valence-electron chi connectivity index (χ2n) is 5.10. The first-order chi connectivity index (χ1) is 9.99. The molecule has 0 fully saturated rings. The number of halogens is 1. The lowest BCUT2D eigenvalue weighted by molar-refractivity contribution is -0.122. The zero-order valence-electron chi connectivity index (χ0n) is 12.2. The van der Waals surface area contributed by atoms with Crippen LogP contribution < -0.4 is 11.1 Å². The molecule has 0 saturated heterocycles. The normalized spacial score (nSPS) is 13.5. The van der Waals surface area contributed by atoms with Crippen molar-refractivity contribution < 1.29 is 9.18 Å². The zero-order valence-corrected chi connectivity index (χ0v) is 12.2. The van der Waals surface area contributed by atoms with Crippen LogP contribution in [-0.2, 0) is 10.3 Å². The standard InChI is InChI=1S/C17H19FN2O/c1-3-17(16(19)21,14-9-4-5-10-15(14)18)20-13-8-6-7-12(2)11-13/h4-11,20H,3H2,1-2H3,(H2,19,21). The fourth-order valence-electron chi connectivity index (χ4n) is 2.49. The second kappa shape index (κ2) is 5.95. The third-order valence-electron chi connectivity index (χ3n) is 3.66. The molecule has 4 heteroatoms. The molecule has 0 aliphatic carbocycles. The van der Waals surface area contributed by atoms with Crippen LogP contribution in [0.4, 0.5) is 10.1 Å². The van der Waals surface area contributed by atoms with Crippen molar-refractivity contribution in [2.75, 3.05) is 5.32 Å². The Morgan fingerprint density at radius 3 is 2.52 bits per heavy atom. The molecule has 1 unspecified atom stereocenters. The monoisotopic (exact) mass is 286 g/mol. The number of benzene rings is 2. The molecule has 0 aromatic heterocycles. The Morgan fingerprint density at radius 1 is 1.24 bits per heavy atom. The number of rotatable bonds is 5. The molecule has 2 aromatic rings. The maximum atomic E-state index is 14.2. The summed E-state index contributed by atoms with van der Waals surface area (Å²) in [7, 11) is 0. The molecule has 0 heterocycles. The number of anilines is 1. The van der Waals surface area contributed by atoms with Gasteiger partial charge in [-0.05, 0) is 37.1 Å². The first kappa shape index (κ1) is 15.0. The van der Waals surface area contributed by atoms with E-state index in [9.17, 15) is 9.18 Å². The van der Waals surface area contributed by atoms with Crippen molar-refractivity contribution in [2.45, 2.75) is 25.8 Å². The Hall–Kier alpha value is -2.36. The number of nitrogens with two attached hydrogens (primary N) is 1. The molecule has 0 aliphatic heterocycles. The van der Waals surface area contributed by atoms with Crippen LogP contribution >= 0.6 is 0 Å². The molecule has 3 N–H and O–H groups in total. The highest BCUT2D eigenvalue weighted by atomic mass is 19.1. The largest absolute Gasteiger partial charge is 0.368 e. The Labute approximate surface area is 124 Å². The molecule has 0 saturated carbocycles. The number of nitrogens with one attached hydrogen (secondary N) is 1. The quantitative estimate of drug-likeness (QED) is 0.885. The van der Waals surface area contributed by atoms with E-state index in [4.69, 9.17) is 5.73 Å². The smallest absolute Gasteiger partial charge is 0.247 e. The van der Waals surface area contributed by atoms with E-state index in [1.165, 1.54) is 6.07 Å². The summed E-state index contributed by atoms with van der Waals surface area (Å²) in [5, 5.41) is 3.13. The average Bonchev–Trinajstić information content (AvgIpc) is 2.45. The van der Waals surface area contributed by atoms with Gasteiger partial charge in [-0.25, -0.2) is 4.39 Å². The summed E-state index contributed by atoms with van der Waals surface area (Å²) in [6, 6.07) is 13.8. The highest BCUT2D eigenvalue weighted by Crippen LogP contribution is 2.31. The molecule has 1 amide bonds. The van der Waals surface area contributed by atoms with Gasteiger partial charge in [-0.2, -0.15) is 0 Å². The Balaban J connectivity index is 2.53. The van der Waals surface area contributed by atoms with Gasteiger partial charge in [0.25, 0.3) is 0 Å². The molecular formula is C17H19FN2O. The van der Waals surface area contributed by atoms with E-state index in [0.29, 0.717) is 6.42 Å². The molecule has 0 aliphatic rings. The molecule has 2 aromatic carbocycles. The fourth-order valence-corrected chi connectivity index (χ4v) is 2.49. The van der Waals surface area contributed by atoms with Crippen LogP contribution in [0.15, 0.2) is 48.5 Å². The molecule has 110 valence electrons. The molecule has 3 nitrogen and oxygen atoms in total. The predicted octanol–water partition coefficient (Wildman–Crippen LogP) is 3.34. The van der Waals surface area contributed by atoms with E-state index in [1.807, 2.05) is 31.2 Å². The van der Waals surface area contributed by atoms with Crippen LogP contribution in [0.1, 0.15) is 24.5 Å². The topological polar surface area (TPSA) is 55.1 Å². The van der Waals surface area contributed by atoms with Gasteiger partial charge in [-0.3, -0.25) is 4.79 Å².